The van der Waals surface area contributed by atoms with Crippen LogP contribution in [0.25, 0.3) is 0 Å². The number of nitrogens with one attached hydrogen (secondary N) is 1. The number of β-lactam (4-membered cyclic amide) rings is 1. The number of aromatic carboxylic acids is 1. The zero-order valence-electron chi connectivity index (χ0n) is 16.7. The Bertz CT molecular complexity index is 942. The van der Waals surface area contributed by atoms with Crippen molar-refractivity contribution in [2.45, 2.75) is 32.5 Å². The average Bonchev–Trinajstić information content (AvgIpc) is 2.76. The molecule has 1 saturated heterocycles. The minimum atomic E-state index is -1.04. The van der Waals surface area contributed by atoms with E-state index in [1.807, 2.05) is 37.3 Å². The van der Waals surface area contributed by atoms with E-state index in [4.69, 9.17) is 9.84 Å². The molecule has 3 rings (SSSR count). The number of imide groups is 1. The molecular formula is C23H24N2O5. The maximum atomic E-state index is 13.0. The van der Waals surface area contributed by atoms with Crippen molar-refractivity contribution < 1.29 is 24.2 Å². The van der Waals surface area contributed by atoms with E-state index in [9.17, 15) is 14.4 Å². The molecule has 2 N–H and O–H groups in total. The van der Waals surface area contributed by atoms with Crippen LogP contribution in [0.4, 0.5) is 4.79 Å². The second-order valence-electron chi connectivity index (χ2n) is 7.12. The van der Waals surface area contributed by atoms with Crippen LogP contribution in [0, 0.1) is 5.41 Å². The first-order valence-electron chi connectivity index (χ1n) is 9.69. The van der Waals surface area contributed by atoms with Gasteiger partial charge in [0.25, 0.3) is 0 Å². The van der Waals surface area contributed by atoms with E-state index in [0.29, 0.717) is 18.6 Å². The predicted molar refractivity (Wildman–Crippen MR) is 111 cm³/mol. The third kappa shape index (κ3) is 3.91. The summed E-state index contributed by atoms with van der Waals surface area (Å²) >= 11 is 0. The molecule has 1 aliphatic rings. The van der Waals surface area contributed by atoms with Crippen LogP contribution < -0.4 is 10.1 Å². The number of urea groups is 1. The first kappa shape index (κ1) is 21.1. The fourth-order valence-corrected chi connectivity index (χ4v) is 3.58. The summed E-state index contributed by atoms with van der Waals surface area (Å²) < 4.78 is 6.00. The van der Waals surface area contributed by atoms with E-state index in [1.165, 1.54) is 24.3 Å². The number of carboxylic acids is 1. The van der Waals surface area contributed by atoms with Crippen molar-refractivity contribution in [1.29, 1.82) is 0 Å². The average molecular weight is 408 g/mol. The maximum Gasteiger partial charge on any atom is 0.335 e. The van der Waals surface area contributed by atoms with Gasteiger partial charge in [-0.1, -0.05) is 43.3 Å². The van der Waals surface area contributed by atoms with E-state index in [2.05, 4.69) is 11.9 Å². The quantitative estimate of drug-likeness (QED) is 0.511. The fraction of sp³-hybridized carbons (Fsp3) is 0.261. The Balaban J connectivity index is 1.80. The number of hydrogen-bond acceptors (Lipinski definition) is 4. The highest BCUT2D eigenvalue weighted by Gasteiger charge is 2.63. The summed E-state index contributed by atoms with van der Waals surface area (Å²) in [6.45, 7) is 5.88. The number of ether oxygens (including phenoxy) is 1. The molecule has 0 aromatic heterocycles. The van der Waals surface area contributed by atoms with Crippen molar-refractivity contribution in [3.05, 3.63) is 78.4 Å². The van der Waals surface area contributed by atoms with E-state index >= 15 is 0 Å². The molecule has 1 fully saturated rings. The molecule has 0 saturated carbocycles. The molecular weight excluding hydrogens is 384 g/mol. The van der Waals surface area contributed by atoms with E-state index in [1.54, 1.807) is 6.08 Å². The molecule has 30 heavy (non-hydrogen) atoms. The van der Waals surface area contributed by atoms with Crippen LogP contribution in [0.2, 0.25) is 0 Å². The van der Waals surface area contributed by atoms with E-state index in [0.717, 1.165) is 10.5 Å². The number of carbonyl (C=O) groups excluding carboxylic acids is 2. The molecule has 1 heterocycles. The highest BCUT2D eigenvalue weighted by Crippen LogP contribution is 2.46. The number of allylic oxidation sites excluding steroid dienone is 1. The topological polar surface area (TPSA) is 95.9 Å². The minimum absolute atomic E-state index is 0.123. The number of likely N-dealkylation sites (tertiary alicyclic amines) is 1. The molecule has 156 valence electrons. The van der Waals surface area contributed by atoms with E-state index in [-0.39, 0.29) is 18.0 Å². The minimum Gasteiger partial charge on any atom is -0.478 e. The molecule has 2 aromatic carbocycles. The largest absolute Gasteiger partial charge is 0.478 e. The van der Waals surface area contributed by atoms with Gasteiger partial charge in [0.15, 0.2) is 6.23 Å². The van der Waals surface area contributed by atoms with Crippen LogP contribution >= 0.6 is 0 Å². The Kier molecular flexibility index (Phi) is 6.20. The van der Waals surface area contributed by atoms with Gasteiger partial charge in [-0.15, -0.1) is 6.58 Å². The van der Waals surface area contributed by atoms with E-state index < -0.39 is 23.6 Å². The number of carboxylic acid groups (broad SMARTS) is 1. The molecule has 7 heteroatoms. The molecule has 0 aliphatic carbocycles. The second-order valence-corrected chi connectivity index (χ2v) is 7.12. The van der Waals surface area contributed by atoms with Crippen LogP contribution in [0.3, 0.4) is 0 Å². The predicted octanol–water partition coefficient (Wildman–Crippen LogP) is 3.81. The van der Waals surface area contributed by atoms with Gasteiger partial charge in [0.1, 0.15) is 11.2 Å². The van der Waals surface area contributed by atoms with Gasteiger partial charge in [-0.25, -0.2) is 14.5 Å². The standard InChI is InChI=1S/C23H24N2O5/c1-3-14-23(4-2)20(28)25(22(29)24-15-16-8-6-5-7-9-16)21(23)30-18-12-10-17(11-13-18)19(26)27/h3,5-13,21H,1,4,14-15H2,2H3,(H,24,29)(H,26,27)/t21-,23+/m0/s1. The molecule has 2 atom stereocenters. The Morgan fingerprint density at radius 1 is 1.20 bits per heavy atom. The fourth-order valence-electron chi connectivity index (χ4n) is 3.58. The Morgan fingerprint density at radius 3 is 2.43 bits per heavy atom. The first-order chi connectivity index (χ1) is 14.4. The van der Waals surface area contributed by atoms with Crippen LogP contribution in [0.1, 0.15) is 35.7 Å². The molecule has 0 bridgehead atoms. The number of carbonyl (C=O) groups is 3. The van der Waals surface area contributed by atoms with Crippen LogP contribution in [-0.4, -0.2) is 34.1 Å². The summed E-state index contributed by atoms with van der Waals surface area (Å²) in [5, 5.41) is 11.8. The Hall–Kier alpha value is -3.61. The van der Waals surface area contributed by atoms with Crippen molar-refractivity contribution in [3.63, 3.8) is 0 Å². The summed E-state index contributed by atoms with van der Waals surface area (Å²) in [5.41, 5.74) is 0.142. The molecule has 0 unspecified atom stereocenters. The molecule has 0 spiro atoms. The smallest absolute Gasteiger partial charge is 0.335 e. The number of nitrogens with zero attached hydrogens (tertiary/aromatic N) is 1. The number of amides is 3. The number of benzene rings is 2. The second kappa shape index (κ2) is 8.82. The summed E-state index contributed by atoms with van der Waals surface area (Å²) in [6.07, 6.45) is 1.66. The zero-order chi connectivity index (χ0) is 21.7. The number of rotatable bonds is 8. The van der Waals surface area contributed by atoms with Gasteiger partial charge in [0.2, 0.25) is 5.91 Å². The van der Waals surface area contributed by atoms with Crippen molar-refractivity contribution in [3.8, 4) is 5.75 Å². The lowest BCUT2D eigenvalue weighted by molar-refractivity contribution is -0.189. The lowest BCUT2D eigenvalue weighted by Gasteiger charge is -2.53. The van der Waals surface area contributed by atoms with Gasteiger partial charge in [0.05, 0.1) is 5.56 Å². The summed E-state index contributed by atoms with van der Waals surface area (Å²) in [6, 6.07) is 14.7. The van der Waals surface area contributed by atoms with Crippen molar-refractivity contribution in [1.82, 2.24) is 10.2 Å². The van der Waals surface area contributed by atoms with Crippen LogP contribution in [0.5, 0.6) is 5.75 Å². The third-order valence-electron chi connectivity index (χ3n) is 5.35. The highest BCUT2D eigenvalue weighted by molar-refractivity contribution is 6.03. The van der Waals surface area contributed by atoms with Crippen molar-refractivity contribution >= 4 is 17.9 Å². The SMILES string of the molecule is C=CC[C@]1(CC)C(=O)N(C(=O)NCc2ccccc2)[C@H]1Oc1ccc(C(=O)O)cc1. The molecule has 2 aromatic rings. The van der Waals surface area contributed by atoms with Gasteiger partial charge in [0, 0.05) is 6.54 Å². The molecule has 0 radical (unpaired) electrons. The summed E-state index contributed by atoms with van der Waals surface area (Å²) in [5.74, 6) is -0.986. The maximum absolute atomic E-state index is 13.0. The monoisotopic (exact) mass is 408 g/mol. The summed E-state index contributed by atoms with van der Waals surface area (Å²) in [7, 11) is 0. The van der Waals surface area contributed by atoms with Gasteiger partial charge in [-0.05, 0) is 42.7 Å². The van der Waals surface area contributed by atoms with Gasteiger partial charge >= 0.3 is 12.0 Å². The lowest BCUT2D eigenvalue weighted by Crippen LogP contribution is -2.73. The van der Waals surface area contributed by atoms with Crippen molar-refractivity contribution in [2.75, 3.05) is 0 Å². The Labute approximate surface area is 175 Å². The molecule has 7 nitrogen and oxygen atoms in total. The lowest BCUT2D eigenvalue weighted by atomic mass is 9.71. The van der Waals surface area contributed by atoms with Crippen LogP contribution in [0.15, 0.2) is 67.3 Å². The van der Waals surface area contributed by atoms with Gasteiger partial charge in [-0.2, -0.15) is 0 Å². The normalized spacial score (nSPS) is 20.2. The first-order valence-corrected chi connectivity index (χ1v) is 9.69. The summed E-state index contributed by atoms with van der Waals surface area (Å²) in [4.78, 5) is 37.9. The van der Waals surface area contributed by atoms with Gasteiger partial charge < -0.3 is 15.2 Å². The highest BCUT2D eigenvalue weighted by atomic mass is 16.5. The van der Waals surface area contributed by atoms with Gasteiger partial charge in [-0.3, -0.25) is 4.79 Å². The molecule has 1 aliphatic heterocycles. The van der Waals surface area contributed by atoms with Crippen molar-refractivity contribution in [2.24, 2.45) is 5.41 Å². The Morgan fingerprint density at radius 2 is 1.87 bits per heavy atom. The molecule has 3 amide bonds. The van der Waals surface area contributed by atoms with Crippen LogP contribution in [-0.2, 0) is 11.3 Å². The zero-order valence-corrected chi connectivity index (χ0v) is 16.7. The third-order valence-corrected chi connectivity index (χ3v) is 5.35. The number of hydrogen-bond donors (Lipinski definition) is 2.